The van der Waals surface area contributed by atoms with Crippen molar-refractivity contribution in [3.05, 3.63) is 41.6 Å². The number of carbonyl (C=O) groups is 1. The molecule has 0 bridgehead atoms. The van der Waals surface area contributed by atoms with Crippen LogP contribution in [0, 0.1) is 5.92 Å². The molecule has 32 heavy (non-hydrogen) atoms. The van der Waals surface area contributed by atoms with E-state index < -0.39 is 0 Å². The number of fused-ring (bicyclic) bond motifs is 3. The number of aromatic nitrogens is 3. The third-order valence-electron chi connectivity index (χ3n) is 6.70. The number of nitrogens with one attached hydrogen (secondary N) is 3. The van der Waals surface area contributed by atoms with E-state index in [-0.39, 0.29) is 18.1 Å². The third kappa shape index (κ3) is 3.15. The molecule has 1 amide bonds. The number of nitrogens with zero attached hydrogens (tertiary/aromatic N) is 3. The van der Waals surface area contributed by atoms with Crippen LogP contribution in [0.4, 0.5) is 17.3 Å². The van der Waals surface area contributed by atoms with Crippen molar-refractivity contribution in [3.8, 4) is 5.75 Å². The zero-order valence-corrected chi connectivity index (χ0v) is 17.9. The fourth-order valence-electron chi connectivity index (χ4n) is 4.99. The van der Waals surface area contributed by atoms with Crippen LogP contribution in [0.15, 0.2) is 30.5 Å². The highest BCUT2D eigenvalue weighted by molar-refractivity contribution is 6.00. The predicted octanol–water partition coefficient (Wildman–Crippen LogP) is 2.75. The summed E-state index contributed by atoms with van der Waals surface area (Å²) in [6.45, 7) is 1.49. The molecule has 9 heteroatoms. The molecule has 1 aliphatic carbocycles. The lowest BCUT2D eigenvalue weighted by Gasteiger charge is -2.39. The molecule has 166 valence electrons. The number of benzene rings is 1. The lowest BCUT2D eigenvalue weighted by molar-refractivity contribution is -0.000551. The van der Waals surface area contributed by atoms with E-state index in [0.29, 0.717) is 29.6 Å². The highest BCUT2D eigenvalue weighted by Gasteiger charge is 2.46. The van der Waals surface area contributed by atoms with Crippen LogP contribution >= 0.6 is 0 Å². The summed E-state index contributed by atoms with van der Waals surface area (Å²) in [7, 11) is 1.82. The van der Waals surface area contributed by atoms with Crippen LogP contribution in [0.3, 0.4) is 0 Å². The first-order chi connectivity index (χ1) is 15.7. The number of aryl methyl sites for hydroxylation is 1. The van der Waals surface area contributed by atoms with Crippen molar-refractivity contribution in [1.29, 1.82) is 0 Å². The Kier molecular flexibility index (Phi) is 4.64. The molecule has 4 heterocycles. The summed E-state index contributed by atoms with van der Waals surface area (Å²) in [5, 5.41) is 14.0. The maximum absolute atomic E-state index is 13.1. The number of ether oxygens (including phenoxy) is 2. The number of para-hydroxylation sites is 1. The van der Waals surface area contributed by atoms with Gasteiger partial charge < -0.3 is 25.4 Å². The molecule has 2 unspecified atom stereocenters. The van der Waals surface area contributed by atoms with Crippen molar-refractivity contribution in [2.45, 2.75) is 37.8 Å². The van der Waals surface area contributed by atoms with Crippen molar-refractivity contribution >= 4 is 28.9 Å². The van der Waals surface area contributed by atoms with Gasteiger partial charge in [0.05, 0.1) is 30.6 Å². The van der Waals surface area contributed by atoms with Crippen molar-refractivity contribution in [2.75, 3.05) is 30.9 Å². The summed E-state index contributed by atoms with van der Waals surface area (Å²) in [6.07, 6.45) is 5.79. The van der Waals surface area contributed by atoms with Gasteiger partial charge in [-0.2, -0.15) is 9.61 Å². The molecule has 6 rings (SSSR count). The van der Waals surface area contributed by atoms with Gasteiger partial charge in [0, 0.05) is 19.7 Å². The average Bonchev–Trinajstić information content (AvgIpc) is 3.40. The number of hydrogen-bond donors (Lipinski definition) is 3. The SMILES string of the molecule is CNc1cc(Nc2cccc3c2OCCC3)nc2c(C(=O)NC3C[C@@H]4CCOC34)cnn12. The van der Waals surface area contributed by atoms with Gasteiger partial charge in [-0.1, -0.05) is 12.1 Å². The number of amides is 1. The van der Waals surface area contributed by atoms with Crippen LogP contribution in [0.2, 0.25) is 0 Å². The second kappa shape index (κ2) is 7.67. The van der Waals surface area contributed by atoms with Crippen LogP contribution in [-0.4, -0.2) is 52.9 Å². The molecule has 1 saturated heterocycles. The van der Waals surface area contributed by atoms with E-state index in [2.05, 4.69) is 27.1 Å². The van der Waals surface area contributed by atoms with E-state index >= 15 is 0 Å². The highest BCUT2D eigenvalue weighted by Crippen LogP contribution is 2.39. The Morgan fingerprint density at radius 3 is 3.09 bits per heavy atom. The molecular weight excluding hydrogens is 408 g/mol. The zero-order valence-electron chi connectivity index (χ0n) is 17.9. The highest BCUT2D eigenvalue weighted by atomic mass is 16.5. The van der Waals surface area contributed by atoms with Crippen molar-refractivity contribution < 1.29 is 14.3 Å². The quantitative estimate of drug-likeness (QED) is 0.568. The van der Waals surface area contributed by atoms with Gasteiger partial charge in [-0.05, 0) is 43.2 Å². The Morgan fingerprint density at radius 1 is 1.28 bits per heavy atom. The van der Waals surface area contributed by atoms with E-state index in [1.54, 1.807) is 10.7 Å². The lowest BCUT2D eigenvalue weighted by atomic mass is 9.77. The van der Waals surface area contributed by atoms with E-state index in [1.807, 2.05) is 25.2 Å². The van der Waals surface area contributed by atoms with Crippen molar-refractivity contribution in [1.82, 2.24) is 19.9 Å². The molecule has 2 aromatic heterocycles. The van der Waals surface area contributed by atoms with Gasteiger partial charge in [-0.3, -0.25) is 4.79 Å². The normalized spacial score (nSPS) is 23.6. The van der Waals surface area contributed by atoms with Gasteiger partial charge >= 0.3 is 0 Å². The number of anilines is 3. The van der Waals surface area contributed by atoms with Crippen molar-refractivity contribution in [2.24, 2.45) is 5.92 Å². The minimum absolute atomic E-state index is 0.0584. The fourth-order valence-corrected chi connectivity index (χ4v) is 4.99. The fraction of sp³-hybridized carbons (Fsp3) is 0.435. The monoisotopic (exact) mass is 434 g/mol. The van der Waals surface area contributed by atoms with Gasteiger partial charge in [0.25, 0.3) is 5.91 Å². The second-order valence-corrected chi connectivity index (χ2v) is 8.64. The predicted molar refractivity (Wildman–Crippen MR) is 120 cm³/mol. The van der Waals surface area contributed by atoms with E-state index in [9.17, 15) is 4.79 Å². The third-order valence-corrected chi connectivity index (χ3v) is 6.70. The Balaban J connectivity index is 1.31. The zero-order chi connectivity index (χ0) is 21.7. The number of carbonyl (C=O) groups excluding carboxylic acids is 1. The van der Waals surface area contributed by atoms with Crippen LogP contribution < -0.4 is 20.7 Å². The van der Waals surface area contributed by atoms with Crippen LogP contribution in [0.1, 0.15) is 35.2 Å². The molecule has 9 nitrogen and oxygen atoms in total. The average molecular weight is 435 g/mol. The Morgan fingerprint density at radius 2 is 2.22 bits per heavy atom. The van der Waals surface area contributed by atoms with Crippen LogP contribution in [0.25, 0.3) is 5.65 Å². The molecule has 2 aliphatic heterocycles. The maximum atomic E-state index is 13.1. The molecule has 0 radical (unpaired) electrons. The maximum Gasteiger partial charge on any atom is 0.257 e. The van der Waals surface area contributed by atoms with Gasteiger partial charge in [-0.15, -0.1) is 0 Å². The largest absolute Gasteiger partial charge is 0.491 e. The summed E-state index contributed by atoms with van der Waals surface area (Å²) >= 11 is 0. The van der Waals surface area contributed by atoms with E-state index in [0.717, 1.165) is 49.5 Å². The summed E-state index contributed by atoms with van der Waals surface area (Å²) in [5.41, 5.74) is 2.99. The first-order valence-corrected chi connectivity index (χ1v) is 11.2. The Bertz CT molecular complexity index is 1190. The van der Waals surface area contributed by atoms with Crippen LogP contribution in [-0.2, 0) is 11.2 Å². The van der Waals surface area contributed by atoms with Gasteiger partial charge in [0.1, 0.15) is 22.9 Å². The van der Waals surface area contributed by atoms with E-state index in [1.165, 1.54) is 5.56 Å². The second-order valence-electron chi connectivity index (χ2n) is 8.64. The molecule has 3 aliphatic rings. The summed E-state index contributed by atoms with van der Waals surface area (Å²) in [6, 6.07) is 8.01. The molecule has 3 atom stereocenters. The number of hydrogen-bond acceptors (Lipinski definition) is 7. The van der Waals surface area contributed by atoms with Gasteiger partial charge in [0.15, 0.2) is 5.65 Å². The Hall–Kier alpha value is -3.33. The topological polar surface area (TPSA) is 102 Å². The molecule has 3 N–H and O–H groups in total. The van der Waals surface area contributed by atoms with Gasteiger partial charge in [-0.25, -0.2) is 4.98 Å². The molecule has 1 aromatic carbocycles. The van der Waals surface area contributed by atoms with Gasteiger partial charge in [0.2, 0.25) is 0 Å². The minimum atomic E-state index is -0.175. The van der Waals surface area contributed by atoms with E-state index in [4.69, 9.17) is 14.5 Å². The van der Waals surface area contributed by atoms with Crippen LogP contribution in [0.5, 0.6) is 5.75 Å². The lowest BCUT2D eigenvalue weighted by Crippen LogP contribution is -2.54. The summed E-state index contributed by atoms with van der Waals surface area (Å²) in [5.74, 6) is 2.61. The molecule has 3 aromatic rings. The molecule has 0 spiro atoms. The van der Waals surface area contributed by atoms with Crippen molar-refractivity contribution in [3.63, 3.8) is 0 Å². The summed E-state index contributed by atoms with van der Waals surface area (Å²) in [4.78, 5) is 17.8. The molecule has 2 fully saturated rings. The summed E-state index contributed by atoms with van der Waals surface area (Å²) < 4.78 is 13.3. The first kappa shape index (κ1) is 19.4. The smallest absolute Gasteiger partial charge is 0.257 e. The Labute approximate surface area is 185 Å². The minimum Gasteiger partial charge on any atom is -0.491 e. The standard InChI is InChI=1S/C23H26N6O3/c1-24-19-11-18(26-16-6-2-4-13-5-3-8-31-20(13)16)28-22-15(12-25-29(19)22)23(30)27-17-10-14-7-9-32-21(14)17/h2,4,6,11-12,14,17,21,24H,3,5,7-10H2,1H3,(H,26,28)(H,27,30)/t14-,17?,21?/m0/s1. The first-order valence-electron chi connectivity index (χ1n) is 11.2. The molecule has 1 saturated carbocycles. The number of rotatable bonds is 5. The molecular formula is C23H26N6O3.